The zero-order valence-corrected chi connectivity index (χ0v) is 26.6. The lowest BCUT2D eigenvalue weighted by atomic mass is 9.76. The number of nitrogens with one attached hydrogen (secondary N) is 1. The van der Waals surface area contributed by atoms with E-state index >= 15 is 0 Å². The third-order valence-electron chi connectivity index (χ3n) is 9.09. The highest BCUT2D eigenvalue weighted by molar-refractivity contribution is 5.95. The molecular weight excluding hydrogens is 600 g/mol. The van der Waals surface area contributed by atoms with E-state index < -0.39 is 17.6 Å². The molecule has 4 aromatic carbocycles. The van der Waals surface area contributed by atoms with Gasteiger partial charge in [0.15, 0.2) is 0 Å². The summed E-state index contributed by atoms with van der Waals surface area (Å²) < 4.78 is 9.31. The van der Waals surface area contributed by atoms with Crippen molar-refractivity contribution in [1.82, 2.24) is 19.3 Å². The second kappa shape index (κ2) is 12.7. The van der Waals surface area contributed by atoms with E-state index in [1.54, 1.807) is 31.1 Å². The lowest BCUT2D eigenvalue weighted by Crippen LogP contribution is -2.53. The van der Waals surface area contributed by atoms with Gasteiger partial charge < -0.3 is 18.8 Å². The molecule has 0 aliphatic heterocycles. The van der Waals surface area contributed by atoms with Gasteiger partial charge in [-0.15, -0.1) is 0 Å². The maximum atomic E-state index is 13.8. The van der Waals surface area contributed by atoms with Crippen LogP contribution >= 0.6 is 0 Å². The van der Waals surface area contributed by atoms with Crippen LogP contribution in [-0.2, 0) is 23.8 Å². The van der Waals surface area contributed by atoms with Gasteiger partial charge in [-0.25, -0.2) is 4.98 Å². The van der Waals surface area contributed by atoms with Crippen LogP contribution in [-0.4, -0.2) is 38.2 Å². The summed E-state index contributed by atoms with van der Waals surface area (Å²) in [6.07, 6.45) is 3.58. The number of methoxy groups -OCH3 is 1. The number of carboxylic acids is 1. The zero-order valence-electron chi connectivity index (χ0n) is 26.6. The predicted octanol–water partition coefficient (Wildman–Crippen LogP) is 6.44. The summed E-state index contributed by atoms with van der Waals surface area (Å²) >= 11 is 0. The molecule has 0 radical (unpaired) electrons. The molecule has 2 N–H and O–H groups in total. The van der Waals surface area contributed by atoms with E-state index in [0.717, 1.165) is 27.6 Å². The minimum Gasteiger partial charge on any atom is -0.495 e. The molecule has 238 valence electrons. The molecule has 7 aromatic rings. The van der Waals surface area contributed by atoms with Gasteiger partial charge in [-0.2, -0.15) is 0 Å². The average molecular weight is 635 g/mol. The summed E-state index contributed by atoms with van der Waals surface area (Å²) in [4.78, 5) is 31.6. The van der Waals surface area contributed by atoms with Gasteiger partial charge in [0.2, 0.25) is 0 Å². The van der Waals surface area contributed by atoms with Gasteiger partial charge >= 0.3 is 5.97 Å². The quantitative estimate of drug-likeness (QED) is 0.168. The molecule has 3 aromatic heterocycles. The summed E-state index contributed by atoms with van der Waals surface area (Å²) in [6.45, 7) is 0. The van der Waals surface area contributed by atoms with E-state index in [1.165, 1.54) is 0 Å². The SMILES string of the molecule is COc1c(-c2ccc(C[C@H](NC(c3ccccc3)(c3ccccc3)c3ccccc3)C(=O)O)n3ccnc23)c(=O)n(C)c2ccccc12. The van der Waals surface area contributed by atoms with Crippen LogP contribution in [0.25, 0.3) is 27.7 Å². The van der Waals surface area contributed by atoms with Crippen molar-refractivity contribution < 1.29 is 14.6 Å². The number of aliphatic carboxylic acids is 1. The van der Waals surface area contributed by atoms with Crippen LogP contribution in [0.1, 0.15) is 22.4 Å². The topological polar surface area (TPSA) is 97.9 Å². The highest BCUT2D eigenvalue weighted by Crippen LogP contribution is 2.39. The average Bonchev–Trinajstić information content (AvgIpc) is 3.64. The fourth-order valence-electron chi connectivity index (χ4n) is 6.83. The molecule has 0 unspecified atom stereocenters. The first-order valence-electron chi connectivity index (χ1n) is 15.7. The Morgan fingerprint density at radius 1 is 0.833 bits per heavy atom. The van der Waals surface area contributed by atoms with Gasteiger partial charge in [0, 0.05) is 42.5 Å². The Hall–Kier alpha value is -5.99. The molecule has 7 rings (SSSR count). The number of para-hydroxylation sites is 1. The maximum absolute atomic E-state index is 13.8. The van der Waals surface area contributed by atoms with E-state index in [2.05, 4.69) is 10.3 Å². The molecule has 0 saturated carbocycles. The van der Waals surface area contributed by atoms with Crippen molar-refractivity contribution in [1.29, 1.82) is 0 Å². The molecular formula is C40H34N4O4. The van der Waals surface area contributed by atoms with Crippen molar-refractivity contribution in [3.8, 4) is 16.9 Å². The first-order valence-corrected chi connectivity index (χ1v) is 15.7. The van der Waals surface area contributed by atoms with Gasteiger partial charge in [0.05, 0.1) is 23.7 Å². The van der Waals surface area contributed by atoms with Crippen LogP contribution in [0.4, 0.5) is 0 Å². The predicted molar refractivity (Wildman–Crippen MR) is 187 cm³/mol. The molecule has 0 bridgehead atoms. The summed E-state index contributed by atoms with van der Waals surface area (Å²) in [5.41, 5.74) is 4.53. The molecule has 48 heavy (non-hydrogen) atoms. The Labute approximate surface area is 277 Å². The second-order valence-electron chi connectivity index (χ2n) is 11.7. The monoisotopic (exact) mass is 634 g/mol. The Balaban J connectivity index is 1.37. The van der Waals surface area contributed by atoms with Gasteiger partial charge in [0.1, 0.15) is 17.4 Å². The summed E-state index contributed by atoms with van der Waals surface area (Å²) in [5.74, 6) is -0.528. The summed E-state index contributed by atoms with van der Waals surface area (Å²) in [6, 6.07) is 40.1. The van der Waals surface area contributed by atoms with E-state index in [4.69, 9.17) is 4.74 Å². The van der Waals surface area contributed by atoms with Crippen molar-refractivity contribution in [3.63, 3.8) is 0 Å². The number of benzene rings is 4. The number of aromatic nitrogens is 3. The third kappa shape index (κ3) is 5.12. The van der Waals surface area contributed by atoms with Crippen LogP contribution in [0, 0.1) is 0 Å². The van der Waals surface area contributed by atoms with Crippen LogP contribution in [0.2, 0.25) is 0 Å². The zero-order chi connectivity index (χ0) is 33.3. The molecule has 0 saturated heterocycles. The molecule has 0 aliphatic rings. The number of carboxylic acid groups (broad SMARTS) is 1. The normalized spacial score (nSPS) is 12.3. The largest absolute Gasteiger partial charge is 0.495 e. The number of fused-ring (bicyclic) bond motifs is 2. The maximum Gasteiger partial charge on any atom is 0.321 e. The van der Waals surface area contributed by atoms with Crippen molar-refractivity contribution in [2.24, 2.45) is 7.05 Å². The van der Waals surface area contributed by atoms with E-state index in [0.29, 0.717) is 28.2 Å². The first kappa shape index (κ1) is 30.7. The molecule has 0 fully saturated rings. The highest BCUT2D eigenvalue weighted by Gasteiger charge is 2.40. The minimum absolute atomic E-state index is 0.129. The van der Waals surface area contributed by atoms with Crippen LogP contribution in [0.5, 0.6) is 5.75 Å². The van der Waals surface area contributed by atoms with E-state index in [9.17, 15) is 14.7 Å². The van der Waals surface area contributed by atoms with Crippen molar-refractivity contribution in [2.45, 2.75) is 18.0 Å². The number of rotatable bonds is 10. The van der Waals surface area contributed by atoms with Crippen LogP contribution < -0.4 is 15.6 Å². The molecule has 0 amide bonds. The minimum atomic E-state index is -1.02. The van der Waals surface area contributed by atoms with Crippen LogP contribution in [0.15, 0.2) is 145 Å². The lowest BCUT2D eigenvalue weighted by Gasteiger charge is -2.39. The van der Waals surface area contributed by atoms with Gasteiger partial charge in [-0.1, -0.05) is 103 Å². The van der Waals surface area contributed by atoms with Crippen molar-refractivity contribution in [3.05, 3.63) is 173 Å². The van der Waals surface area contributed by atoms with Crippen molar-refractivity contribution >= 4 is 22.5 Å². The Bertz CT molecular complexity index is 2200. The number of nitrogens with zero attached hydrogens (tertiary/aromatic N) is 3. The Morgan fingerprint density at radius 2 is 1.40 bits per heavy atom. The number of imidazole rings is 1. The number of hydrogen-bond acceptors (Lipinski definition) is 5. The summed E-state index contributed by atoms with van der Waals surface area (Å²) in [7, 11) is 3.30. The number of hydrogen-bond donors (Lipinski definition) is 2. The molecule has 8 nitrogen and oxygen atoms in total. The highest BCUT2D eigenvalue weighted by atomic mass is 16.5. The standard InChI is InChI=1S/C40H34N4O4/c1-43-34-21-13-12-20-31(34)36(48-2)35(38(43)45)32-23-22-30(44-25-24-41-37(32)44)26-33(39(46)47)42-40(27-14-6-3-7-15-27,28-16-8-4-9-17-28)29-18-10-5-11-19-29/h3-25,33,42H,26H2,1-2H3,(H,46,47)/t33-/m0/s1. The third-order valence-corrected chi connectivity index (χ3v) is 9.09. The number of pyridine rings is 2. The fourth-order valence-corrected chi connectivity index (χ4v) is 6.83. The second-order valence-corrected chi connectivity index (χ2v) is 11.7. The molecule has 1 atom stereocenters. The van der Waals surface area contributed by atoms with Gasteiger partial charge in [-0.05, 0) is 41.0 Å². The van der Waals surface area contributed by atoms with Crippen molar-refractivity contribution in [2.75, 3.05) is 7.11 Å². The molecule has 0 aliphatic carbocycles. The lowest BCUT2D eigenvalue weighted by molar-refractivity contribution is -0.139. The smallest absolute Gasteiger partial charge is 0.321 e. The summed E-state index contributed by atoms with van der Waals surface area (Å²) in [5, 5.41) is 15.2. The Kier molecular flexibility index (Phi) is 8.08. The number of carbonyl (C=O) groups is 1. The molecule has 3 heterocycles. The fraction of sp³-hybridized carbons (Fsp3) is 0.125. The van der Waals surface area contributed by atoms with Gasteiger partial charge in [0.25, 0.3) is 5.56 Å². The number of aryl methyl sites for hydroxylation is 1. The first-order chi connectivity index (χ1) is 23.4. The van der Waals surface area contributed by atoms with Gasteiger partial charge in [-0.3, -0.25) is 14.9 Å². The van der Waals surface area contributed by atoms with E-state index in [-0.39, 0.29) is 12.0 Å². The Morgan fingerprint density at radius 3 is 1.96 bits per heavy atom. The molecule has 0 spiro atoms. The number of ether oxygens (including phenoxy) is 1. The molecule has 8 heteroatoms. The van der Waals surface area contributed by atoms with E-state index in [1.807, 2.05) is 132 Å². The van der Waals surface area contributed by atoms with Crippen LogP contribution in [0.3, 0.4) is 0 Å².